The molecule has 0 bridgehead atoms. The van der Waals surface area contributed by atoms with Gasteiger partial charge in [-0.15, -0.1) is 0 Å². The molecule has 0 amide bonds. The van der Waals surface area contributed by atoms with Crippen LogP contribution in [0.1, 0.15) is 20.3 Å². The molecule has 0 N–H and O–H groups in total. The molecule has 0 saturated carbocycles. The lowest BCUT2D eigenvalue weighted by atomic mass is 9.84. The Hall–Kier alpha value is -0.590. The molecule has 0 fully saturated rings. The van der Waals surface area contributed by atoms with E-state index in [1.54, 1.807) is 0 Å². The Morgan fingerprint density at radius 2 is 2.40 bits per heavy atom. The van der Waals surface area contributed by atoms with Crippen molar-refractivity contribution in [1.29, 1.82) is 0 Å². The van der Waals surface area contributed by atoms with Crippen molar-refractivity contribution in [3.8, 4) is 0 Å². The van der Waals surface area contributed by atoms with Gasteiger partial charge in [-0.3, -0.25) is 4.39 Å². The van der Waals surface area contributed by atoms with E-state index in [0.717, 1.165) is 6.42 Å². The van der Waals surface area contributed by atoms with E-state index in [-0.39, 0.29) is 12.1 Å². The van der Waals surface area contributed by atoms with E-state index in [1.165, 1.54) is 5.57 Å². The Labute approximate surface area is 61.4 Å². The fraction of sp³-hybridized carbons (Fsp3) is 0.556. The number of hydrogen-bond donors (Lipinski definition) is 0. The zero-order valence-electron chi connectivity index (χ0n) is 6.52. The molecule has 1 aliphatic rings. The van der Waals surface area contributed by atoms with Gasteiger partial charge in [0.05, 0.1) is 6.67 Å². The van der Waals surface area contributed by atoms with Gasteiger partial charge in [-0.2, -0.15) is 0 Å². The first-order valence-electron chi connectivity index (χ1n) is 3.58. The first-order valence-corrected chi connectivity index (χ1v) is 3.58. The lowest BCUT2D eigenvalue weighted by Gasteiger charge is -2.23. The van der Waals surface area contributed by atoms with Crippen molar-refractivity contribution in [2.45, 2.75) is 20.3 Å². The van der Waals surface area contributed by atoms with Crippen LogP contribution in [0.5, 0.6) is 0 Å². The molecule has 1 unspecified atom stereocenters. The molecule has 0 spiro atoms. The van der Waals surface area contributed by atoms with E-state index in [0.29, 0.717) is 0 Å². The molecule has 0 aromatic carbocycles. The molecular formula is C9H13F. The van der Waals surface area contributed by atoms with Gasteiger partial charge in [0.1, 0.15) is 0 Å². The van der Waals surface area contributed by atoms with Gasteiger partial charge in [0.25, 0.3) is 0 Å². The van der Waals surface area contributed by atoms with Crippen molar-refractivity contribution >= 4 is 0 Å². The highest BCUT2D eigenvalue weighted by atomic mass is 19.1. The van der Waals surface area contributed by atoms with Gasteiger partial charge in [0.2, 0.25) is 0 Å². The SMILES string of the molecule is CC1=CCC(C)(CF)C=C1. The van der Waals surface area contributed by atoms with E-state index in [1.807, 2.05) is 26.0 Å². The molecule has 1 heteroatoms. The Kier molecular flexibility index (Phi) is 1.93. The van der Waals surface area contributed by atoms with E-state index in [2.05, 4.69) is 6.08 Å². The normalized spacial score (nSPS) is 32.1. The minimum atomic E-state index is -0.257. The minimum absolute atomic E-state index is 0.223. The first-order chi connectivity index (χ1) is 4.66. The zero-order chi connectivity index (χ0) is 7.61. The van der Waals surface area contributed by atoms with Gasteiger partial charge in [0, 0.05) is 5.41 Å². The summed E-state index contributed by atoms with van der Waals surface area (Å²) in [4.78, 5) is 0. The van der Waals surface area contributed by atoms with E-state index in [9.17, 15) is 4.39 Å². The maximum absolute atomic E-state index is 12.3. The quantitative estimate of drug-likeness (QED) is 0.525. The first kappa shape index (κ1) is 7.52. The van der Waals surface area contributed by atoms with Crippen molar-refractivity contribution in [2.75, 3.05) is 6.67 Å². The van der Waals surface area contributed by atoms with Crippen molar-refractivity contribution < 1.29 is 4.39 Å². The minimum Gasteiger partial charge on any atom is -0.250 e. The number of halogens is 1. The molecule has 1 atom stereocenters. The standard InChI is InChI=1S/C9H13F/c1-8-3-5-9(2,7-10)6-4-8/h3-5H,6-7H2,1-2H3. The predicted molar refractivity (Wildman–Crippen MR) is 41.6 cm³/mol. The summed E-state index contributed by atoms with van der Waals surface area (Å²) in [5.74, 6) is 0. The summed E-state index contributed by atoms with van der Waals surface area (Å²) in [7, 11) is 0. The topological polar surface area (TPSA) is 0 Å². The Balaban J connectivity index is 2.67. The summed E-state index contributed by atoms with van der Waals surface area (Å²) in [6, 6.07) is 0. The van der Waals surface area contributed by atoms with Crippen LogP contribution < -0.4 is 0 Å². The van der Waals surface area contributed by atoms with Crippen LogP contribution >= 0.6 is 0 Å². The summed E-state index contributed by atoms with van der Waals surface area (Å²) in [6.45, 7) is 3.72. The maximum Gasteiger partial charge on any atom is 0.0985 e. The molecule has 0 radical (unpaired) electrons. The van der Waals surface area contributed by atoms with Crippen LogP contribution in [-0.2, 0) is 0 Å². The Bertz CT molecular complexity index is 179. The average Bonchev–Trinajstić information content (AvgIpc) is 1.96. The lowest BCUT2D eigenvalue weighted by Crippen LogP contribution is -2.16. The van der Waals surface area contributed by atoms with Crippen LogP contribution in [0, 0.1) is 5.41 Å². The third-order valence-electron chi connectivity index (χ3n) is 1.94. The van der Waals surface area contributed by atoms with Crippen molar-refractivity contribution in [2.24, 2.45) is 5.41 Å². The van der Waals surface area contributed by atoms with Crippen LogP contribution in [-0.4, -0.2) is 6.67 Å². The van der Waals surface area contributed by atoms with Crippen LogP contribution in [0.25, 0.3) is 0 Å². The largest absolute Gasteiger partial charge is 0.250 e. The summed E-state index contributed by atoms with van der Waals surface area (Å²) in [5.41, 5.74) is 1.02. The smallest absolute Gasteiger partial charge is 0.0985 e. The lowest BCUT2D eigenvalue weighted by molar-refractivity contribution is 0.296. The van der Waals surface area contributed by atoms with Gasteiger partial charge in [0.15, 0.2) is 0 Å². The van der Waals surface area contributed by atoms with E-state index < -0.39 is 0 Å². The summed E-state index contributed by atoms with van der Waals surface area (Å²) in [6.07, 6.45) is 6.87. The number of alkyl halides is 1. The average molecular weight is 140 g/mol. The fourth-order valence-corrected chi connectivity index (χ4v) is 0.962. The maximum atomic E-state index is 12.3. The van der Waals surface area contributed by atoms with Gasteiger partial charge < -0.3 is 0 Å². The van der Waals surface area contributed by atoms with Crippen molar-refractivity contribution in [3.05, 3.63) is 23.8 Å². The molecule has 1 aliphatic carbocycles. The van der Waals surface area contributed by atoms with E-state index >= 15 is 0 Å². The Morgan fingerprint density at radius 1 is 1.70 bits per heavy atom. The molecule has 0 saturated heterocycles. The second-order valence-corrected chi connectivity index (χ2v) is 3.27. The summed E-state index contributed by atoms with van der Waals surface area (Å²) in [5, 5.41) is 0. The molecule has 56 valence electrons. The van der Waals surface area contributed by atoms with E-state index in [4.69, 9.17) is 0 Å². The zero-order valence-corrected chi connectivity index (χ0v) is 6.52. The highest BCUT2D eigenvalue weighted by Crippen LogP contribution is 2.29. The third kappa shape index (κ3) is 1.47. The highest BCUT2D eigenvalue weighted by Gasteiger charge is 2.20. The van der Waals surface area contributed by atoms with Crippen molar-refractivity contribution in [3.63, 3.8) is 0 Å². The molecule has 0 heterocycles. The summed E-state index contributed by atoms with van der Waals surface area (Å²) < 4.78 is 12.3. The molecule has 0 aliphatic heterocycles. The molecule has 0 nitrogen and oxygen atoms in total. The van der Waals surface area contributed by atoms with Crippen LogP contribution in [0.15, 0.2) is 23.8 Å². The molecule has 10 heavy (non-hydrogen) atoms. The summed E-state index contributed by atoms with van der Waals surface area (Å²) >= 11 is 0. The monoisotopic (exact) mass is 140 g/mol. The van der Waals surface area contributed by atoms with Crippen LogP contribution in [0.4, 0.5) is 4.39 Å². The second kappa shape index (κ2) is 2.57. The number of allylic oxidation sites excluding steroid dienone is 4. The molecular weight excluding hydrogens is 127 g/mol. The van der Waals surface area contributed by atoms with Crippen molar-refractivity contribution in [1.82, 2.24) is 0 Å². The number of hydrogen-bond acceptors (Lipinski definition) is 0. The van der Waals surface area contributed by atoms with Gasteiger partial charge in [-0.05, 0) is 13.3 Å². The highest BCUT2D eigenvalue weighted by molar-refractivity contribution is 5.24. The van der Waals surface area contributed by atoms with Crippen LogP contribution in [0.3, 0.4) is 0 Å². The number of rotatable bonds is 1. The Morgan fingerprint density at radius 3 is 2.80 bits per heavy atom. The molecule has 1 rings (SSSR count). The fourth-order valence-electron chi connectivity index (χ4n) is 0.962. The van der Waals surface area contributed by atoms with Gasteiger partial charge in [-0.25, -0.2) is 0 Å². The molecule has 0 aromatic rings. The predicted octanol–water partition coefficient (Wildman–Crippen LogP) is 2.87. The molecule has 0 aromatic heterocycles. The van der Waals surface area contributed by atoms with Gasteiger partial charge in [-0.1, -0.05) is 30.7 Å². The third-order valence-corrected chi connectivity index (χ3v) is 1.94. The second-order valence-electron chi connectivity index (χ2n) is 3.27. The van der Waals surface area contributed by atoms with Gasteiger partial charge >= 0.3 is 0 Å². The van der Waals surface area contributed by atoms with Crippen LogP contribution in [0.2, 0.25) is 0 Å².